The third-order valence-electron chi connectivity index (χ3n) is 3.51. The number of nitrogens with one attached hydrogen (secondary N) is 2. The largest absolute Gasteiger partial charge is 0.326 e. The number of amides is 1. The van der Waals surface area contributed by atoms with E-state index in [1.807, 2.05) is 11.8 Å². The third kappa shape index (κ3) is 4.43. The molecule has 7 nitrogen and oxygen atoms in total. The van der Waals surface area contributed by atoms with Crippen LogP contribution in [0.4, 0.5) is 10.1 Å². The van der Waals surface area contributed by atoms with Gasteiger partial charge in [-0.25, -0.2) is 4.39 Å². The molecule has 1 saturated heterocycles. The normalized spacial score (nSPS) is 17.2. The molecule has 24 heavy (non-hydrogen) atoms. The number of hydrogen-bond acceptors (Lipinski definition) is 6. The molecule has 2 aromatic rings. The second-order valence-corrected chi connectivity index (χ2v) is 6.43. The Hall–Kier alpha value is -1.71. The molecule has 0 saturated carbocycles. The quantitative estimate of drug-likeness (QED) is 0.847. The van der Waals surface area contributed by atoms with E-state index < -0.39 is 5.82 Å². The fourth-order valence-corrected chi connectivity index (χ4v) is 3.34. The standard InChI is InChI=1S/C14H17FN6OS.ClH/c1-9-18-19-20-21(9)13-6-10(2-3-12(13)15)17-14(22)7-11-8-23-5-4-16-11;/h2-3,6,11,16H,4-5,7-8H2,1H3,(H,17,22);1H. The summed E-state index contributed by atoms with van der Waals surface area (Å²) in [6.07, 6.45) is 0.392. The van der Waals surface area contributed by atoms with Gasteiger partial charge in [0.15, 0.2) is 5.82 Å². The van der Waals surface area contributed by atoms with Crippen molar-refractivity contribution in [3.8, 4) is 5.69 Å². The van der Waals surface area contributed by atoms with E-state index in [4.69, 9.17) is 0 Å². The van der Waals surface area contributed by atoms with Crippen molar-refractivity contribution in [3.05, 3.63) is 29.8 Å². The molecule has 0 spiro atoms. The summed E-state index contributed by atoms with van der Waals surface area (Å²) >= 11 is 1.84. The predicted octanol–water partition coefficient (Wildman–Crippen LogP) is 1.57. The minimum Gasteiger partial charge on any atom is -0.326 e. The Labute approximate surface area is 149 Å². The molecule has 1 atom stereocenters. The van der Waals surface area contributed by atoms with E-state index in [1.54, 1.807) is 6.92 Å². The number of rotatable bonds is 4. The lowest BCUT2D eigenvalue weighted by Gasteiger charge is -2.22. The fourth-order valence-electron chi connectivity index (χ4n) is 2.39. The molecule has 1 unspecified atom stereocenters. The molecular weight excluding hydrogens is 355 g/mol. The summed E-state index contributed by atoms with van der Waals surface area (Å²) in [6, 6.07) is 4.52. The van der Waals surface area contributed by atoms with Gasteiger partial charge in [0.25, 0.3) is 0 Å². The zero-order valence-corrected chi connectivity index (χ0v) is 14.7. The molecule has 10 heteroatoms. The minimum absolute atomic E-state index is 0. The van der Waals surface area contributed by atoms with Gasteiger partial charge in [-0.3, -0.25) is 4.79 Å². The highest BCUT2D eigenvalue weighted by Gasteiger charge is 2.17. The highest BCUT2D eigenvalue weighted by atomic mass is 35.5. The summed E-state index contributed by atoms with van der Waals surface area (Å²) in [5, 5.41) is 17.1. The van der Waals surface area contributed by atoms with Crippen LogP contribution in [0, 0.1) is 12.7 Å². The molecular formula is C14H18ClFN6OS. The summed E-state index contributed by atoms with van der Waals surface area (Å²) in [4.78, 5) is 12.1. The van der Waals surface area contributed by atoms with E-state index in [9.17, 15) is 9.18 Å². The van der Waals surface area contributed by atoms with Gasteiger partial charge in [-0.05, 0) is 35.5 Å². The van der Waals surface area contributed by atoms with Crippen molar-refractivity contribution < 1.29 is 9.18 Å². The van der Waals surface area contributed by atoms with Gasteiger partial charge >= 0.3 is 0 Å². The van der Waals surface area contributed by atoms with Crippen LogP contribution in [0.15, 0.2) is 18.2 Å². The summed E-state index contributed by atoms with van der Waals surface area (Å²) in [5.41, 5.74) is 0.724. The van der Waals surface area contributed by atoms with Crippen LogP contribution in [0.1, 0.15) is 12.2 Å². The van der Waals surface area contributed by atoms with Crippen molar-refractivity contribution in [1.82, 2.24) is 25.5 Å². The molecule has 0 bridgehead atoms. The van der Waals surface area contributed by atoms with E-state index in [2.05, 4.69) is 26.2 Å². The zero-order chi connectivity index (χ0) is 16.2. The third-order valence-corrected chi connectivity index (χ3v) is 4.64. The van der Waals surface area contributed by atoms with Crippen LogP contribution < -0.4 is 10.6 Å². The van der Waals surface area contributed by atoms with Crippen LogP contribution in [-0.2, 0) is 4.79 Å². The van der Waals surface area contributed by atoms with Crippen LogP contribution in [-0.4, -0.2) is 50.2 Å². The molecule has 1 fully saturated rings. The number of carbonyl (C=O) groups excluding carboxylic acids is 1. The fraction of sp³-hybridized carbons (Fsp3) is 0.429. The highest BCUT2D eigenvalue weighted by Crippen LogP contribution is 2.19. The lowest BCUT2D eigenvalue weighted by atomic mass is 10.2. The van der Waals surface area contributed by atoms with Crippen LogP contribution >= 0.6 is 24.2 Å². The SMILES string of the molecule is Cc1nnnn1-c1cc(NC(=O)CC2CSCCN2)ccc1F.Cl. The first-order valence-electron chi connectivity index (χ1n) is 7.29. The molecule has 2 heterocycles. The Kier molecular flexibility index (Phi) is 6.52. The van der Waals surface area contributed by atoms with Gasteiger partial charge in [0.2, 0.25) is 5.91 Å². The number of halogens is 2. The first-order chi connectivity index (χ1) is 11.1. The van der Waals surface area contributed by atoms with Gasteiger partial charge in [0.1, 0.15) is 11.5 Å². The summed E-state index contributed by atoms with van der Waals surface area (Å²) in [6.45, 7) is 2.60. The molecule has 1 aromatic heterocycles. The first-order valence-corrected chi connectivity index (χ1v) is 8.45. The topological polar surface area (TPSA) is 84.7 Å². The molecule has 1 aromatic carbocycles. The maximum Gasteiger partial charge on any atom is 0.225 e. The number of aryl methyl sites for hydroxylation is 1. The van der Waals surface area contributed by atoms with Crippen LogP contribution in [0.5, 0.6) is 0 Å². The van der Waals surface area contributed by atoms with Crippen molar-refractivity contribution >= 4 is 35.8 Å². The average molecular weight is 373 g/mol. The Morgan fingerprint density at radius 1 is 1.54 bits per heavy atom. The Morgan fingerprint density at radius 2 is 2.38 bits per heavy atom. The van der Waals surface area contributed by atoms with Gasteiger partial charge in [0.05, 0.1) is 0 Å². The number of benzene rings is 1. The number of carbonyl (C=O) groups is 1. The van der Waals surface area contributed by atoms with E-state index in [0.29, 0.717) is 17.9 Å². The molecule has 1 aliphatic heterocycles. The lowest BCUT2D eigenvalue weighted by Crippen LogP contribution is -2.39. The van der Waals surface area contributed by atoms with Gasteiger partial charge in [-0.2, -0.15) is 16.4 Å². The molecule has 1 aliphatic rings. The Bertz CT molecular complexity index is 706. The lowest BCUT2D eigenvalue weighted by molar-refractivity contribution is -0.116. The number of hydrogen-bond donors (Lipinski definition) is 2. The van der Waals surface area contributed by atoms with E-state index in [0.717, 1.165) is 18.1 Å². The summed E-state index contributed by atoms with van der Waals surface area (Å²) < 4.78 is 15.3. The predicted molar refractivity (Wildman–Crippen MR) is 93.5 cm³/mol. The number of aromatic nitrogens is 4. The summed E-state index contributed by atoms with van der Waals surface area (Å²) in [5.74, 6) is 1.91. The molecule has 1 amide bonds. The molecule has 130 valence electrons. The smallest absolute Gasteiger partial charge is 0.225 e. The van der Waals surface area contributed by atoms with E-state index >= 15 is 0 Å². The highest BCUT2D eigenvalue weighted by molar-refractivity contribution is 7.99. The van der Waals surface area contributed by atoms with Crippen LogP contribution in [0.25, 0.3) is 5.69 Å². The average Bonchev–Trinajstić information content (AvgIpc) is 2.96. The van der Waals surface area contributed by atoms with Gasteiger partial charge < -0.3 is 10.6 Å². The van der Waals surface area contributed by atoms with Crippen molar-refractivity contribution in [2.75, 3.05) is 23.4 Å². The zero-order valence-electron chi connectivity index (χ0n) is 13.0. The molecule has 0 aliphatic carbocycles. The molecule has 3 rings (SSSR count). The van der Waals surface area contributed by atoms with E-state index in [-0.39, 0.29) is 30.0 Å². The first kappa shape index (κ1) is 18.6. The number of anilines is 1. The maximum atomic E-state index is 14.0. The monoisotopic (exact) mass is 372 g/mol. The van der Waals surface area contributed by atoms with Crippen molar-refractivity contribution in [2.24, 2.45) is 0 Å². The second kappa shape index (κ2) is 8.41. The van der Waals surface area contributed by atoms with Crippen molar-refractivity contribution in [2.45, 2.75) is 19.4 Å². The number of tetrazole rings is 1. The second-order valence-electron chi connectivity index (χ2n) is 5.28. The van der Waals surface area contributed by atoms with Crippen molar-refractivity contribution in [3.63, 3.8) is 0 Å². The maximum absolute atomic E-state index is 14.0. The van der Waals surface area contributed by atoms with Gasteiger partial charge in [-0.15, -0.1) is 17.5 Å². The molecule has 2 N–H and O–H groups in total. The van der Waals surface area contributed by atoms with Gasteiger partial charge in [0, 0.05) is 36.2 Å². The van der Waals surface area contributed by atoms with Gasteiger partial charge in [-0.1, -0.05) is 0 Å². The van der Waals surface area contributed by atoms with Crippen LogP contribution in [0.2, 0.25) is 0 Å². The van der Waals surface area contributed by atoms with Crippen molar-refractivity contribution in [1.29, 1.82) is 0 Å². The van der Waals surface area contributed by atoms with E-state index in [1.165, 1.54) is 22.9 Å². The number of thioether (sulfide) groups is 1. The number of nitrogens with zero attached hydrogens (tertiary/aromatic N) is 4. The Balaban J connectivity index is 0.00000208. The van der Waals surface area contributed by atoms with Crippen LogP contribution in [0.3, 0.4) is 0 Å². The molecule has 0 radical (unpaired) electrons. The Morgan fingerprint density at radius 3 is 3.04 bits per heavy atom. The minimum atomic E-state index is -0.455. The summed E-state index contributed by atoms with van der Waals surface area (Å²) in [7, 11) is 0.